The SMILES string of the molecule is CC(=O)NC1CCC(C(F)(F)F)N(C(=O)C=C2CCC2)C1. The number of piperidine rings is 1. The fraction of sp³-hybridized carbons (Fsp3) is 0.714. The number of amides is 2. The second kappa shape index (κ2) is 6.07. The van der Waals surface area contributed by atoms with Crippen LogP contribution in [0.2, 0.25) is 0 Å². The average molecular weight is 304 g/mol. The van der Waals surface area contributed by atoms with E-state index in [1.54, 1.807) is 0 Å². The van der Waals surface area contributed by atoms with Crippen LogP contribution in [0.25, 0.3) is 0 Å². The van der Waals surface area contributed by atoms with Crippen molar-refractivity contribution in [2.75, 3.05) is 6.54 Å². The predicted molar refractivity (Wildman–Crippen MR) is 70.3 cm³/mol. The van der Waals surface area contributed by atoms with Gasteiger partial charge in [-0.3, -0.25) is 9.59 Å². The van der Waals surface area contributed by atoms with E-state index in [2.05, 4.69) is 5.32 Å². The average Bonchev–Trinajstić information content (AvgIpc) is 2.31. The molecule has 4 nitrogen and oxygen atoms in total. The zero-order chi connectivity index (χ0) is 15.6. The fourth-order valence-corrected chi connectivity index (χ4v) is 2.74. The monoisotopic (exact) mass is 304 g/mol. The van der Waals surface area contributed by atoms with Gasteiger partial charge in [-0.1, -0.05) is 5.57 Å². The van der Waals surface area contributed by atoms with Gasteiger partial charge in [0.05, 0.1) is 0 Å². The molecular weight excluding hydrogens is 285 g/mol. The maximum Gasteiger partial charge on any atom is 0.408 e. The number of hydrogen-bond acceptors (Lipinski definition) is 2. The molecule has 1 saturated carbocycles. The maximum atomic E-state index is 13.1. The number of carbonyl (C=O) groups is 2. The summed E-state index contributed by atoms with van der Waals surface area (Å²) in [6.45, 7) is 1.23. The Morgan fingerprint density at radius 1 is 1.29 bits per heavy atom. The topological polar surface area (TPSA) is 49.4 Å². The van der Waals surface area contributed by atoms with Gasteiger partial charge in [0.25, 0.3) is 0 Å². The highest BCUT2D eigenvalue weighted by molar-refractivity contribution is 5.89. The fourth-order valence-electron chi connectivity index (χ4n) is 2.74. The van der Waals surface area contributed by atoms with Gasteiger partial charge >= 0.3 is 6.18 Å². The largest absolute Gasteiger partial charge is 0.408 e. The van der Waals surface area contributed by atoms with Gasteiger partial charge in [-0.25, -0.2) is 0 Å². The molecule has 0 radical (unpaired) electrons. The minimum atomic E-state index is -4.44. The van der Waals surface area contributed by atoms with E-state index in [4.69, 9.17) is 0 Å². The summed E-state index contributed by atoms with van der Waals surface area (Å²) in [7, 11) is 0. The van der Waals surface area contributed by atoms with Crippen molar-refractivity contribution in [1.29, 1.82) is 0 Å². The van der Waals surface area contributed by atoms with Crippen LogP contribution < -0.4 is 5.32 Å². The summed E-state index contributed by atoms with van der Waals surface area (Å²) in [4.78, 5) is 24.0. The molecule has 2 unspecified atom stereocenters. The molecule has 0 aromatic heterocycles. The van der Waals surface area contributed by atoms with Gasteiger partial charge in [-0.2, -0.15) is 13.2 Å². The van der Waals surface area contributed by atoms with Crippen molar-refractivity contribution in [1.82, 2.24) is 10.2 Å². The standard InChI is InChI=1S/C14H19F3N2O2/c1-9(20)18-11-5-6-12(14(15,16)17)19(8-11)13(21)7-10-3-2-4-10/h7,11-12H,2-6,8H2,1H3,(H,18,20). The summed E-state index contributed by atoms with van der Waals surface area (Å²) < 4.78 is 39.2. The Kier molecular flexibility index (Phi) is 4.58. The van der Waals surface area contributed by atoms with E-state index in [1.165, 1.54) is 13.0 Å². The van der Waals surface area contributed by atoms with Crippen LogP contribution in [-0.4, -0.2) is 41.5 Å². The number of rotatable bonds is 2. The lowest BCUT2D eigenvalue weighted by atomic mass is 9.91. The summed E-state index contributed by atoms with van der Waals surface area (Å²) in [5, 5.41) is 2.60. The first-order chi connectivity index (χ1) is 9.77. The number of halogens is 3. The van der Waals surface area contributed by atoms with E-state index in [9.17, 15) is 22.8 Å². The Morgan fingerprint density at radius 2 is 1.95 bits per heavy atom. The van der Waals surface area contributed by atoms with Crippen molar-refractivity contribution in [2.24, 2.45) is 0 Å². The summed E-state index contributed by atoms with van der Waals surface area (Å²) in [6, 6.07) is -2.17. The lowest BCUT2D eigenvalue weighted by molar-refractivity contribution is -0.195. The highest BCUT2D eigenvalue weighted by Gasteiger charge is 2.47. The number of nitrogens with one attached hydrogen (secondary N) is 1. The van der Waals surface area contributed by atoms with Crippen molar-refractivity contribution >= 4 is 11.8 Å². The van der Waals surface area contributed by atoms with Crippen molar-refractivity contribution in [3.8, 4) is 0 Å². The van der Waals surface area contributed by atoms with E-state index in [0.717, 1.165) is 29.7 Å². The Morgan fingerprint density at radius 3 is 2.43 bits per heavy atom. The molecule has 1 aliphatic heterocycles. The lowest BCUT2D eigenvalue weighted by Crippen LogP contribution is -2.57. The first kappa shape index (κ1) is 15.9. The molecule has 21 heavy (non-hydrogen) atoms. The van der Waals surface area contributed by atoms with E-state index in [-0.39, 0.29) is 25.3 Å². The van der Waals surface area contributed by atoms with E-state index < -0.39 is 24.2 Å². The molecular formula is C14H19F3N2O2. The second-order valence-corrected chi connectivity index (χ2v) is 5.68. The number of hydrogen-bond donors (Lipinski definition) is 1. The molecule has 2 fully saturated rings. The smallest absolute Gasteiger partial charge is 0.352 e. The van der Waals surface area contributed by atoms with Gasteiger partial charge < -0.3 is 10.2 Å². The summed E-state index contributed by atoms with van der Waals surface area (Å²) in [5.74, 6) is -0.891. The highest BCUT2D eigenvalue weighted by Crippen LogP contribution is 2.33. The number of alkyl halides is 3. The summed E-state index contributed by atoms with van der Waals surface area (Å²) >= 11 is 0. The summed E-state index contributed by atoms with van der Waals surface area (Å²) in [5.41, 5.74) is 0.905. The van der Waals surface area contributed by atoms with Crippen molar-refractivity contribution in [3.63, 3.8) is 0 Å². The van der Waals surface area contributed by atoms with E-state index in [0.29, 0.717) is 0 Å². The lowest BCUT2D eigenvalue weighted by Gasteiger charge is -2.40. The molecule has 2 atom stereocenters. The Hall–Kier alpha value is -1.53. The molecule has 0 bridgehead atoms. The maximum absolute atomic E-state index is 13.1. The predicted octanol–water partition coefficient (Wildman–Crippen LogP) is 2.15. The van der Waals surface area contributed by atoms with Gasteiger partial charge in [-0.05, 0) is 32.1 Å². The van der Waals surface area contributed by atoms with Gasteiger partial charge in [-0.15, -0.1) is 0 Å². The highest BCUT2D eigenvalue weighted by atomic mass is 19.4. The van der Waals surface area contributed by atoms with Gasteiger partial charge in [0.1, 0.15) is 6.04 Å². The van der Waals surface area contributed by atoms with Crippen LogP contribution in [0.5, 0.6) is 0 Å². The van der Waals surface area contributed by atoms with Crippen molar-refractivity contribution < 1.29 is 22.8 Å². The molecule has 7 heteroatoms. The number of nitrogens with zero attached hydrogens (tertiary/aromatic N) is 1. The quantitative estimate of drug-likeness (QED) is 0.795. The number of allylic oxidation sites excluding steroid dienone is 1. The van der Waals surface area contributed by atoms with Crippen LogP contribution in [0.1, 0.15) is 39.0 Å². The molecule has 1 heterocycles. The van der Waals surface area contributed by atoms with Gasteiger partial charge in [0.15, 0.2) is 0 Å². The first-order valence-electron chi connectivity index (χ1n) is 7.11. The molecule has 118 valence electrons. The first-order valence-corrected chi connectivity index (χ1v) is 7.11. The van der Waals surface area contributed by atoms with Crippen LogP contribution in [0.4, 0.5) is 13.2 Å². The third kappa shape index (κ3) is 3.98. The molecule has 0 spiro atoms. The van der Waals surface area contributed by atoms with Crippen LogP contribution in [0, 0.1) is 0 Å². The van der Waals surface area contributed by atoms with Crippen LogP contribution in [0.15, 0.2) is 11.6 Å². The molecule has 2 amide bonds. The normalized spacial score (nSPS) is 26.1. The Bertz CT molecular complexity index is 454. The van der Waals surface area contributed by atoms with Crippen LogP contribution in [-0.2, 0) is 9.59 Å². The molecule has 1 N–H and O–H groups in total. The number of likely N-dealkylation sites (tertiary alicyclic amines) is 1. The van der Waals surface area contributed by atoms with Crippen LogP contribution >= 0.6 is 0 Å². The number of carbonyl (C=O) groups excluding carboxylic acids is 2. The molecule has 1 saturated heterocycles. The second-order valence-electron chi connectivity index (χ2n) is 5.68. The zero-order valence-corrected chi connectivity index (χ0v) is 11.9. The minimum absolute atomic E-state index is 0.0909. The van der Waals surface area contributed by atoms with Crippen molar-refractivity contribution in [2.45, 2.75) is 57.3 Å². The van der Waals surface area contributed by atoms with Gasteiger partial charge in [0.2, 0.25) is 11.8 Å². The molecule has 2 rings (SSSR count). The molecule has 2 aliphatic rings. The Balaban J connectivity index is 2.12. The van der Waals surface area contributed by atoms with E-state index in [1.807, 2.05) is 0 Å². The third-order valence-corrected chi connectivity index (χ3v) is 3.97. The van der Waals surface area contributed by atoms with E-state index >= 15 is 0 Å². The third-order valence-electron chi connectivity index (χ3n) is 3.97. The van der Waals surface area contributed by atoms with Crippen LogP contribution in [0.3, 0.4) is 0 Å². The molecule has 0 aromatic carbocycles. The molecule has 0 aromatic rings. The summed E-state index contributed by atoms with van der Waals surface area (Å²) in [6.07, 6.45) is -0.506. The minimum Gasteiger partial charge on any atom is -0.352 e. The molecule has 1 aliphatic carbocycles. The van der Waals surface area contributed by atoms with Gasteiger partial charge in [0, 0.05) is 25.6 Å². The van der Waals surface area contributed by atoms with Crippen molar-refractivity contribution in [3.05, 3.63) is 11.6 Å². The Labute approximate surface area is 121 Å². The zero-order valence-electron chi connectivity index (χ0n) is 11.9.